The molecule has 1 N–H and O–H groups in total. The van der Waals surface area contributed by atoms with Gasteiger partial charge in [0.05, 0.1) is 24.1 Å². The molecule has 0 aliphatic heterocycles. The van der Waals surface area contributed by atoms with Crippen LogP contribution >= 0.6 is 0 Å². The van der Waals surface area contributed by atoms with Gasteiger partial charge < -0.3 is 13.9 Å². The van der Waals surface area contributed by atoms with Crippen molar-refractivity contribution in [1.29, 1.82) is 0 Å². The molecule has 0 radical (unpaired) electrons. The minimum absolute atomic E-state index is 0.0246. The summed E-state index contributed by atoms with van der Waals surface area (Å²) in [5, 5.41) is 11.1. The molecule has 0 bridgehead atoms. The number of imidazole rings is 1. The van der Waals surface area contributed by atoms with Gasteiger partial charge in [-0.15, -0.1) is 0 Å². The largest absolute Gasteiger partial charge is 0.542 e. The zero-order valence-corrected chi connectivity index (χ0v) is 23.3. The molecule has 0 amide bonds. The van der Waals surface area contributed by atoms with Gasteiger partial charge in [0.1, 0.15) is 17.2 Å². The van der Waals surface area contributed by atoms with Crippen molar-refractivity contribution in [1.82, 2.24) is 14.4 Å². The van der Waals surface area contributed by atoms with Crippen molar-refractivity contribution in [3.05, 3.63) is 102 Å². The maximum absolute atomic E-state index is 16.0. The average molecular weight is 530 g/mol. The number of aromatic nitrogens is 3. The number of fused-ring (bicyclic) bond motifs is 1. The van der Waals surface area contributed by atoms with Crippen LogP contribution in [0.15, 0.2) is 77.5 Å². The second-order valence-corrected chi connectivity index (χ2v) is 15.8. The van der Waals surface area contributed by atoms with Gasteiger partial charge in [0.15, 0.2) is 11.5 Å². The van der Waals surface area contributed by atoms with Gasteiger partial charge in [-0.2, -0.15) is 0 Å². The maximum atomic E-state index is 16.0. The van der Waals surface area contributed by atoms with Crippen LogP contribution in [0.4, 0.5) is 4.39 Å². The maximum Gasteiger partial charge on any atom is 0.250 e. The fourth-order valence-corrected chi connectivity index (χ4v) is 5.11. The van der Waals surface area contributed by atoms with Gasteiger partial charge in [0.2, 0.25) is 5.88 Å². The van der Waals surface area contributed by atoms with Crippen molar-refractivity contribution in [2.75, 3.05) is 0 Å². The highest BCUT2D eigenvalue weighted by atomic mass is 28.4. The summed E-state index contributed by atoms with van der Waals surface area (Å²) in [5.74, 6) is 0.408. The standard InChI is InChI=1S/C30H32FN3O3Si/c1-30(2,3)38(4,5)37-26-15-9-14-22(27(26)31)25-19-34-28(23(32-25)17-20-11-7-6-8-12-20)33-24(29(34)35)18-21-13-10-16-36-21/h6-16,19,35H,17-18H2,1-5H3. The Morgan fingerprint density at radius 2 is 1.71 bits per heavy atom. The molecule has 0 saturated carbocycles. The summed E-state index contributed by atoms with van der Waals surface area (Å²) in [4.78, 5) is 9.57. The van der Waals surface area contributed by atoms with Crippen LogP contribution in [0.3, 0.4) is 0 Å². The Labute approximate surface area is 222 Å². The van der Waals surface area contributed by atoms with Gasteiger partial charge in [-0.3, -0.25) is 4.40 Å². The molecule has 0 spiro atoms. The van der Waals surface area contributed by atoms with E-state index in [9.17, 15) is 5.11 Å². The second kappa shape index (κ2) is 9.76. The van der Waals surface area contributed by atoms with E-state index in [0.717, 1.165) is 5.56 Å². The molecule has 38 heavy (non-hydrogen) atoms. The number of hydrogen-bond acceptors (Lipinski definition) is 5. The third-order valence-electron chi connectivity index (χ3n) is 7.27. The normalized spacial score (nSPS) is 12.3. The SMILES string of the molecule is CC(C)(C)[Si](C)(C)Oc1cccc(-c2cn3c(O)c(Cc4ccco4)nc3c(Cc3ccccc3)n2)c1F. The molecule has 5 rings (SSSR count). The van der Waals surface area contributed by atoms with Gasteiger partial charge in [-0.25, -0.2) is 14.4 Å². The van der Waals surface area contributed by atoms with Crippen LogP contribution in [0.25, 0.3) is 16.9 Å². The zero-order chi connectivity index (χ0) is 27.1. The highest BCUT2D eigenvalue weighted by Crippen LogP contribution is 2.39. The Kier molecular flexibility index (Phi) is 6.61. The van der Waals surface area contributed by atoms with Crippen molar-refractivity contribution >= 4 is 14.0 Å². The number of benzene rings is 2. The lowest BCUT2D eigenvalue weighted by Crippen LogP contribution is -2.44. The first-order chi connectivity index (χ1) is 18.0. The van der Waals surface area contributed by atoms with Gasteiger partial charge >= 0.3 is 0 Å². The summed E-state index contributed by atoms with van der Waals surface area (Å²) in [5.41, 5.74) is 3.33. The van der Waals surface area contributed by atoms with Crippen molar-refractivity contribution in [3.8, 4) is 22.9 Å². The van der Waals surface area contributed by atoms with Crippen LogP contribution < -0.4 is 4.43 Å². The summed E-state index contributed by atoms with van der Waals surface area (Å²) >= 11 is 0. The number of hydrogen-bond donors (Lipinski definition) is 1. The molecule has 0 fully saturated rings. The highest BCUT2D eigenvalue weighted by molar-refractivity contribution is 6.74. The van der Waals surface area contributed by atoms with Crippen molar-refractivity contribution < 1.29 is 18.3 Å². The highest BCUT2D eigenvalue weighted by Gasteiger charge is 2.39. The Balaban J connectivity index is 1.63. The van der Waals surface area contributed by atoms with E-state index in [1.807, 2.05) is 36.4 Å². The molecule has 8 heteroatoms. The third-order valence-corrected chi connectivity index (χ3v) is 11.6. The lowest BCUT2D eigenvalue weighted by Gasteiger charge is -2.36. The van der Waals surface area contributed by atoms with E-state index >= 15 is 4.39 Å². The Bertz CT molecular complexity index is 1570. The molecule has 3 heterocycles. The van der Waals surface area contributed by atoms with Crippen LogP contribution in [0.5, 0.6) is 11.6 Å². The van der Waals surface area contributed by atoms with Gasteiger partial charge in [0.25, 0.3) is 8.32 Å². The number of nitrogens with zero attached hydrogens (tertiary/aromatic N) is 3. The van der Waals surface area contributed by atoms with E-state index in [1.165, 1.54) is 0 Å². The van der Waals surface area contributed by atoms with Crippen molar-refractivity contribution in [2.24, 2.45) is 0 Å². The average Bonchev–Trinajstić information content (AvgIpc) is 3.49. The second-order valence-electron chi connectivity index (χ2n) is 11.0. The minimum atomic E-state index is -2.27. The summed E-state index contributed by atoms with van der Waals surface area (Å²) in [6, 6.07) is 18.6. The van der Waals surface area contributed by atoms with Crippen LogP contribution in [-0.4, -0.2) is 27.8 Å². The topological polar surface area (TPSA) is 72.8 Å². The number of aromatic hydroxyl groups is 1. The van der Waals surface area contributed by atoms with E-state index in [4.69, 9.17) is 18.8 Å². The number of rotatable bonds is 7. The monoisotopic (exact) mass is 529 g/mol. The zero-order valence-electron chi connectivity index (χ0n) is 22.3. The first-order valence-corrected chi connectivity index (χ1v) is 15.6. The molecule has 0 aliphatic carbocycles. The lowest BCUT2D eigenvalue weighted by atomic mass is 10.1. The summed E-state index contributed by atoms with van der Waals surface area (Å²) in [6.45, 7) is 10.5. The fraction of sp³-hybridized carbons (Fsp3) is 0.267. The first kappa shape index (κ1) is 25.7. The van der Waals surface area contributed by atoms with E-state index in [-0.39, 0.29) is 16.7 Å². The predicted octanol–water partition coefficient (Wildman–Crippen LogP) is 7.40. The van der Waals surface area contributed by atoms with Crippen LogP contribution in [0.1, 0.15) is 43.5 Å². The van der Waals surface area contributed by atoms with Crippen molar-refractivity contribution in [2.45, 2.75) is 51.7 Å². The molecular weight excluding hydrogens is 497 g/mol. The summed E-state index contributed by atoms with van der Waals surface area (Å²) in [7, 11) is -2.27. The molecule has 6 nitrogen and oxygen atoms in total. The fourth-order valence-electron chi connectivity index (χ4n) is 4.09. The van der Waals surface area contributed by atoms with Crippen LogP contribution in [0.2, 0.25) is 18.1 Å². The number of halogens is 1. The van der Waals surface area contributed by atoms with Gasteiger partial charge in [0, 0.05) is 18.2 Å². The molecule has 196 valence electrons. The van der Waals surface area contributed by atoms with Crippen molar-refractivity contribution in [3.63, 3.8) is 0 Å². The van der Waals surface area contributed by atoms with E-state index in [2.05, 4.69) is 33.9 Å². The molecule has 3 aromatic heterocycles. The molecule has 0 saturated heterocycles. The molecule has 5 aromatic rings. The Hall–Kier alpha value is -3.91. The van der Waals surface area contributed by atoms with E-state index in [0.29, 0.717) is 46.9 Å². The van der Waals surface area contributed by atoms with Gasteiger partial charge in [-0.1, -0.05) is 57.2 Å². The Morgan fingerprint density at radius 1 is 0.947 bits per heavy atom. The van der Waals surface area contributed by atoms with Crippen LogP contribution in [0, 0.1) is 5.82 Å². The van der Waals surface area contributed by atoms with Gasteiger partial charge in [-0.05, 0) is 48.0 Å². The first-order valence-electron chi connectivity index (χ1n) is 12.7. The molecule has 0 unspecified atom stereocenters. The molecule has 0 atom stereocenters. The summed E-state index contributed by atoms with van der Waals surface area (Å²) in [6.07, 6.45) is 4.01. The summed E-state index contributed by atoms with van der Waals surface area (Å²) < 4.78 is 29.3. The molecular formula is C30H32FN3O3Si. The number of furan rings is 1. The molecule has 0 aliphatic rings. The van der Waals surface area contributed by atoms with E-state index in [1.54, 1.807) is 41.1 Å². The minimum Gasteiger partial charge on any atom is -0.542 e. The quantitative estimate of drug-likeness (QED) is 0.222. The Morgan fingerprint density at radius 3 is 2.39 bits per heavy atom. The predicted molar refractivity (Wildman–Crippen MR) is 149 cm³/mol. The third kappa shape index (κ3) is 4.96. The molecule has 2 aromatic carbocycles. The van der Waals surface area contributed by atoms with E-state index < -0.39 is 14.1 Å². The lowest BCUT2D eigenvalue weighted by molar-refractivity contribution is 0.438. The van der Waals surface area contributed by atoms with Crippen LogP contribution in [-0.2, 0) is 12.8 Å². The smallest absolute Gasteiger partial charge is 0.250 e.